The Kier molecular flexibility index (Phi) is 7.85. The number of amides is 1. The van der Waals surface area contributed by atoms with Crippen molar-refractivity contribution in [2.45, 2.75) is 19.3 Å². The second-order valence-corrected chi connectivity index (χ2v) is 4.51. The molecule has 1 aliphatic heterocycles. The molecule has 0 unspecified atom stereocenters. The molecule has 0 atom stereocenters. The molecule has 112 valence electrons. The Hall–Kier alpha value is -0.790. The zero-order valence-electron chi connectivity index (χ0n) is 11.1. The first-order chi connectivity index (χ1) is 9.13. The molecule has 0 aliphatic carbocycles. The molecule has 0 spiro atoms. The van der Waals surface area contributed by atoms with E-state index < -0.39 is 6.43 Å². The van der Waals surface area contributed by atoms with Crippen molar-refractivity contribution in [3.63, 3.8) is 0 Å². The molecular weight excluding hydrogens is 258 g/mol. The van der Waals surface area contributed by atoms with Gasteiger partial charge in [0.2, 0.25) is 5.91 Å². The van der Waals surface area contributed by atoms with Crippen molar-refractivity contribution in [1.82, 2.24) is 9.80 Å². The Balaban J connectivity index is 2.20. The van der Waals surface area contributed by atoms with Crippen molar-refractivity contribution in [1.29, 1.82) is 0 Å². The maximum atomic E-state index is 12.3. The summed E-state index contributed by atoms with van der Waals surface area (Å²) in [5, 5.41) is 8.79. The first-order valence-corrected chi connectivity index (χ1v) is 6.60. The summed E-state index contributed by atoms with van der Waals surface area (Å²) in [6.07, 6.45) is -1.53. The quantitative estimate of drug-likeness (QED) is 0.689. The Morgan fingerprint density at radius 1 is 1.32 bits per heavy atom. The van der Waals surface area contributed by atoms with Crippen LogP contribution in [0.25, 0.3) is 0 Å². The highest BCUT2D eigenvalue weighted by atomic mass is 19.3. The molecule has 1 fully saturated rings. The maximum Gasteiger partial charge on any atom is 0.251 e. The minimum Gasteiger partial charge on any atom is -0.395 e. The second-order valence-electron chi connectivity index (χ2n) is 4.51. The van der Waals surface area contributed by atoms with Crippen LogP contribution in [-0.2, 0) is 9.53 Å². The van der Waals surface area contributed by atoms with Crippen molar-refractivity contribution in [3.8, 4) is 0 Å². The van der Waals surface area contributed by atoms with E-state index in [9.17, 15) is 13.6 Å². The Labute approximate surface area is 112 Å². The average molecular weight is 280 g/mol. The lowest BCUT2D eigenvalue weighted by Crippen LogP contribution is -2.41. The van der Waals surface area contributed by atoms with Crippen molar-refractivity contribution in [2.75, 3.05) is 52.5 Å². The molecule has 1 saturated heterocycles. The molecule has 0 aromatic heterocycles. The number of carbonyl (C=O) groups is 1. The fourth-order valence-electron chi connectivity index (χ4n) is 2.06. The topological polar surface area (TPSA) is 53.0 Å². The van der Waals surface area contributed by atoms with Gasteiger partial charge in [-0.25, -0.2) is 8.78 Å². The van der Waals surface area contributed by atoms with Gasteiger partial charge in [-0.1, -0.05) is 0 Å². The van der Waals surface area contributed by atoms with E-state index in [4.69, 9.17) is 9.84 Å². The number of hydrogen-bond acceptors (Lipinski definition) is 4. The summed E-state index contributed by atoms with van der Waals surface area (Å²) in [5.41, 5.74) is 0. The molecule has 0 aromatic carbocycles. The molecule has 0 bridgehead atoms. The van der Waals surface area contributed by atoms with Gasteiger partial charge in [0.15, 0.2) is 0 Å². The summed E-state index contributed by atoms with van der Waals surface area (Å²) in [7, 11) is 0. The predicted molar refractivity (Wildman–Crippen MR) is 66.2 cm³/mol. The minimum atomic E-state index is -2.42. The van der Waals surface area contributed by atoms with Gasteiger partial charge in [0.05, 0.1) is 26.4 Å². The fraction of sp³-hybridized carbons (Fsp3) is 0.917. The van der Waals surface area contributed by atoms with E-state index in [1.54, 1.807) is 4.90 Å². The van der Waals surface area contributed by atoms with E-state index in [2.05, 4.69) is 0 Å². The van der Waals surface area contributed by atoms with Gasteiger partial charge in [0.25, 0.3) is 6.43 Å². The monoisotopic (exact) mass is 280 g/mol. The van der Waals surface area contributed by atoms with Gasteiger partial charge in [0.1, 0.15) is 0 Å². The normalized spacial score (nSPS) is 16.4. The summed E-state index contributed by atoms with van der Waals surface area (Å²) < 4.78 is 29.7. The minimum absolute atomic E-state index is 0.0456. The molecule has 0 aromatic rings. The number of morpholine rings is 1. The third-order valence-corrected chi connectivity index (χ3v) is 3.04. The smallest absolute Gasteiger partial charge is 0.251 e. The molecule has 1 amide bonds. The standard InChI is InChI=1S/C12H22F2N2O3/c13-11(14)10-15(4-7-17)3-1-2-12(18)16-5-8-19-9-6-16/h11,17H,1-10H2. The van der Waals surface area contributed by atoms with Crippen molar-refractivity contribution in [3.05, 3.63) is 0 Å². The number of rotatable bonds is 8. The lowest BCUT2D eigenvalue weighted by molar-refractivity contribution is -0.135. The van der Waals surface area contributed by atoms with Crippen LogP contribution in [0.2, 0.25) is 0 Å². The highest BCUT2D eigenvalue weighted by Crippen LogP contribution is 2.05. The molecule has 1 rings (SSSR count). The van der Waals surface area contributed by atoms with Crippen molar-refractivity contribution >= 4 is 5.91 Å². The van der Waals surface area contributed by atoms with Crippen LogP contribution < -0.4 is 0 Å². The number of alkyl halides is 2. The van der Waals surface area contributed by atoms with Crippen LogP contribution in [0.4, 0.5) is 8.78 Å². The predicted octanol–water partition coefficient (Wildman–Crippen LogP) is 0.185. The van der Waals surface area contributed by atoms with Gasteiger partial charge < -0.3 is 14.7 Å². The lowest BCUT2D eigenvalue weighted by atomic mass is 10.2. The number of aliphatic hydroxyl groups excluding tert-OH is 1. The van der Waals surface area contributed by atoms with E-state index in [0.717, 1.165) is 0 Å². The van der Waals surface area contributed by atoms with Gasteiger partial charge in [-0.15, -0.1) is 0 Å². The average Bonchev–Trinajstić information content (AvgIpc) is 2.39. The fourth-order valence-corrected chi connectivity index (χ4v) is 2.06. The van der Waals surface area contributed by atoms with Crippen LogP contribution in [0.15, 0.2) is 0 Å². The lowest BCUT2D eigenvalue weighted by Gasteiger charge is -2.27. The Bertz CT molecular complexity index is 261. The first kappa shape index (κ1) is 16.3. The zero-order valence-corrected chi connectivity index (χ0v) is 11.1. The van der Waals surface area contributed by atoms with Gasteiger partial charge in [-0.05, 0) is 13.0 Å². The molecule has 0 saturated carbocycles. The van der Waals surface area contributed by atoms with Crippen LogP contribution in [-0.4, -0.2) is 79.8 Å². The third-order valence-electron chi connectivity index (χ3n) is 3.04. The van der Waals surface area contributed by atoms with Crippen LogP contribution in [0.3, 0.4) is 0 Å². The van der Waals surface area contributed by atoms with Crippen molar-refractivity contribution < 1.29 is 23.4 Å². The molecule has 19 heavy (non-hydrogen) atoms. The largest absolute Gasteiger partial charge is 0.395 e. The Morgan fingerprint density at radius 2 is 2.00 bits per heavy atom. The molecule has 1 heterocycles. The van der Waals surface area contributed by atoms with Crippen LogP contribution in [0.5, 0.6) is 0 Å². The van der Waals surface area contributed by atoms with Gasteiger partial charge in [-0.2, -0.15) is 0 Å². The molecule has 7 heteroatoms. The number of aliphatic hydroxyl groups is 1. The van der Waals surface area contributed by atoms with Crippen molar-refractivity contribution in [2.24, 2.45) is 0 Å². The molecule has 0 radical (unpaired) electrons. The number of carbonyl (C=O) groups excluding carboxylic acids is 1. The summed E-state index contributed by atoms with van der Waals surface area (Å²) in [6, 6.07) is 0. The molecule has 1 aliphatic rings. The molecule has 5 nitrogen and oxygen atoms in total. The molecule has 1 N–H and O–H groups in total. The van der Waals surface area contributed by atoms with Crippen LogP contribution >= 0.6 is 0 Å². The maximum absolute atomic E-state index is 12.3. The van der Waals surface area contributed by atoms with Crippen LogP contribution in [0.1, 0.15) is 12.8 Å². The summed E-state index contributed by atoms with van der Waals surface area (Å²) in [5.74, 6) is 0.0456. The zero-order chi connectivity index (χ0) is 14.1. The number of nitrogens with zero attached hydrogens (tertiary/aromatic N) is 2. The Morgan fingerprint density at radius 3 is 2.58 bits per heavy atom. The second kappa shape index (κ2) is 9.17. The number of ether oxygens (including phenoxy) is 1. The van der Waals surface area contributed by atoms with Gasteiger partial charge in [0, 0.05) is 26.1 Å². The van der Waals surface area contributed by atoms with E-state index in [-0.39, 0.29) is 25.6 Å². The summed E-state index contributed by atoms with van der Waals surface area (Å²) in [6.45, 7) is 2.46. The van der Waals surface area contributed by atoms with Crippen LogP contribution in [0, 0.1) is 0 Å². The van der Waals surface area contributed by atoms with Gasteiger partial charge in [-0.3, -0.25) is 9.69 Å². The van der Waals surface area contributed by atoms with E-state index >= 15 is 0 Å². The summed E-state index contributed by atoms with van der Waals surface area (Å²) in [4.78, 5) is 15.0. The highest BCUT2D eigenvalue weighted by Gasteiger charge is 2.17. The number of hydrogen-bond donors (Lipinski definition) is 1. The SMILES string of the molecule is O=C(CCCN(CCO)CC(F)F)N1CCOCC1. The third kappa shape index (κ3) is 6.79. The highest BCUT2D eigenvalue weighted by molar-refractivity contribution is 5.76. The molecular formula is C12H22F2N2O3. The summed E-state index contributed by atoms with van der Waals surface area (Å²) >= 11 is 0. The first-order valence-electron chi connectivity index (χ1n) is 6.60. The van der Waals surface area contributed by atoms with E-state index in [1.165, 1.54) is 4.90 Å². The van der Waals surface area contributed by atoms with Gasteiger partial charge >= 0.3 is 0 Å². The number of halogens is 2. The van der Waals surface area contributed by atoms with E-state index in [0.29, 0.717) is 45.7 Å². The van der Waals surface area contributed by atoms with E-state index in [1.807, 2.05) is 0 Å².